The SMILES string of the molecule is CCc1ccc(CN2Cc3cccc(OC)c3OCC2=O)cc1. The van der Waals surface area contributed by atoms with Crippen LogP contribution < -0.4 is 9.47 Å². The summed E-state index contributed by atoms with van der Waals surface area (Å²) in [6.07, 6.45) is 1.02. The van der Waals surface area contributed by atoms with Crippen LogP contribution in [-0.2, 0) is 24.3 Å². The molecule has 0 atom stereocenters. The van der Waals surface area contributed by atoms with Gasteiger partial charge in [0.15, 0.2) is 18.1 Å². The highest BCUT2D eigenvalue weighted by atomic mass is 16.5. The molecule has 0 radical (unpaired) electrons. The number of nitrogens with zero attached hydrogens (tertiary/aromatic N) is 1. The fourth-order valence-corrected chi connectivity index (χ4v) is 2.77. The molecule has 1 aliphatic rings. The molecule has 1 amide bonds. The van der Waals surface area contributed by atoms with Crippen molar-refractivity contribution in [3.63, 3.8) is 0 Å². The minimum Gasteiger partial charge on any atom is -0.493 e. The zero-order chi connectivity index (χ0) is 16.2. The summed E-state index contributed by atoms with van der Waals surface area (Å²) in [5.74, 6) is 1.33. The van der Waals surface area contributed by atoms with Crippen molar-refractivity contribution in [2.24, 2.45) is 0 Å². The summed E-state index contributed by atoms with van der Waals surface area (Å²) in [4.78, 5) is 14.2. The number of amides is 1. The lowest BCUT2D eigenvalue weighted by Gasteiger charge is -2.20. The highest BCUT2D eigenvalue weighted by molar-refractivity contribution is 5.79. The summed E-state index contributed by atoms with van der Waals surface area (Å²) >= 11 is 0. The standard InChI is InChI=1S/C19H21NO3/c1-3-14-7-9-15(10-8-14)11-20-12-16-5-4-6-17(22-2)19(16)23-13-18(20)21/h4-10H,3,11-13H2,1-2H3. The fraction of sp³-hybridized carbons (Fsp3) is 0.316. The van der Waals surface area contributed by atoms with Crippen LogP contribution in [0.5, 0.6) is 11.5 Å². The van der Waals surface area contributed by atoms with Crippen molar-refractivity contribution in [2.75, 3.05) is 13.7 Å². The molecule has 0 fully saturated rings. The second-order valence-electron chi connectivity index (χ2n) is 5.66. The van der Waals surface area contributed by atoms with Crippen LogP contribution >= 0.6 is 0 Å². The Kier molecular flexibility index (Phi) is 4.51. The molecule has 2 aromatic carbocycles. The summed E-state index contributed by atoms with van der Waals surface area (Å²) in [5, 5.41) is 0. The van der Waals surface area contributed by atoms with E-state index in [1.807, 2.05) is 23.1 Å². The van der Waals surface area contributed by atoms with E-state index in [2.05, 4.69) is 31.2 Å². The number of aryl methyl sites for hydroxylation is 1. The average molecular weight is 311 g/mol. The first-order valence-corrected chi connectivity index (χ1v) is 7.85. The minimum absolute atomic E-state index is 0.0113. The Bertz CT molecular complexity index is 694. The molecule has 0 spiro atoms. The Morgan fingerprint density at radius 2 is 1.87 bits per heavy atom. The first-order valence-electron chi connectivity index (χ1n) is 7.85. The van der Waals surface area contributed by atoms with Gasteiger partial charge in [-0.25, -0.2) is 0 Å². The van der Waals surface area contributed by atoms with E-state index >= 15 is 0 Å². The smallest absolute Gasteiger partial charge is 0.261 e. The van der Waals surface area contributed by atoms with E-state index in [0.717, 1.165) is 17.5 Å². The van der Waals surface area contributed by atoms with Gasteiger partial charge in [0, 0.05) is 18.7 Å². The van der Waals surface area contributed by atoms with E-state index in [0.29, 0.717) is 24.6 Å². The Morgan fingerprint density at radius 1 is 1.13 bits per heavy atom. The highest BCUT2D eigenvalue weighted by Crippen LogP contribution is 2.33. The average Bonchev–Trinajstić information content (AvgIpc) is 2.75. The van der Waals surface area contributed by atoms with Crippen LogP contribution in [-0.4, -0.2) is 24.5 Å². The van der Waals surface area contributed by atoms with Gasteiger partial charge in [-0.05, 0) is 23.6 Å². The van der Waals surface area contributed by atoms with Gasteiger partial charge in [0.05, 0.1) is 7.11 Å². The number of hydrogen-bond acceptors (Lipinski definition) is 3. The van der Waals surface area contributed by atoms with E-state index < -0.39 is 0 Å². The predicted octanol–water partition coefficient (Wildman–Crippen LogP) is 3.18. The number of para-hydroxylation sites is 1. The molecule has 0 unspecified atom stereocenters. The van der Waals surface area contributed by atoms with Gasteiger partial charge in [0.2, 0.25) is 0 Å². The van der Waals surface area contributed by atoms with Crippen molar-refractivity contribution < 1.29 is 14.3 Å². The molecule has 120 valence electrons. The van der Waals surface area contributed by atoms with Gasteiger partial charge in [0.25, 0.3) is 5.91 Å². The molecule has 1 heterocycles. The van der Waals surface area contributed by atoms with Crippen molar-refractivity contribution in [3.8, 4) is 11.5 Å². The first kappa shape index (κ1) is 15.4. The zero-order valence-corrected chi connectivity index (χ0v) is 13.5. The molecular formula is C19H21NO3. The van der Waals surface area contributed by atoms with Crippen molar-refractivity contribution in [1.29, 1.82) is 0 Å². The molecule has 0 bridgehead atoms. The topological polar surface area (TPSA) is 38.8 Å². The van der Waals surface area contributed by atoms with Crippen molar-refractivity contribution in [1.82, 2.24) is 4.90 Å². The molecule has 4 heteroatoms. The lowest BCUT2D eigenvalue weighted by Crippen LogP contribution is -2.31. The number of carbonyl (C=O) groups is 1. The van der Waals surface area contributed by atoms with E-state index in [4.69, 9.17) is 9.47 Å². The maximum atomic E-state index is 12.4. The summed E-state index contributed by atoms with van der Waals surface area (Å²) in [6.45, 7) is 3.29. The lowest BCUT2D eigenvalue weighted by atomic mass is 10.1. The van der Waals surface area contributed by atoms with E-state index in [1.165, 1.54) is 5.56 Å². The molecule has 0 saturated carbocycles. The molecule has 2 aromatic rings. The second-order valence-corrected chi connectivity index (χ2v) is 5.66. The third-order valence-corrected chi connectivity index (χ3v) is 4.14. The molecule has 1 aliphatic heterocycles. The summed E-state index contributed by atoms with van der Waals surface area (Å²) in [5.41, 5.74) is 3.40. The summed E-state index contributed by atoms with van der Waals surface area (Å²) in [6, 6.07) is 14.2. The minimum atomic E-state index is -0.0113. The Morgan fingerprint density at radius 3 is 2.57 bits per heavy atom. The molecule has 3 rings (SSSR count). The van der Waals surface area contributed by atoms with Gasteiger partial charge in [0.1, 0.15) is 0 Å². The number of ether oxygens (including phenoxy) is 2. The van der Waals surface area contributed by atoms with Crippen molar-refractivity contribution in [3.05, 3.63) is 59.2 Å². The summed E-state index contributed by atoms with van der Waals surface area (Å²) in [7, 11) is 1.61. The molecule has 0 N–H and O–H groups in total. The number of benzene rings is 2. The number of methoxy groups -OCH3 is 1. The van der Waals surface area contributed by atoms with E-state index in [1.54, 1.807) is 7.11 Å². The van der Waals surface area contributed by atoms with Crippen LogP contribution in [0, 0.1) is 0 Å². The molecule has 4 nitrogen and oxygen atoms in total. The molecular weight excluding hydrogens is 290 g/mol. The number of hydrogen-bond donors (Lipinski definition) is 0. The zero-order valence-electron chi connectivity index (χ0n) is 13.5. The molecule has 23 heavy (non-hydrogen) atoms. The van der Waals surface area contributed by atoms with Crippen LogP contribution in [0.4, 0.5) is 0 Å². The Hall–Kier alpha value is -2.49. The largest absolute Gasteiger partial charge is 0.493 e. The predicted molar refractivity (Wildman–Crippen MR) is 88.6 cm³/mol. The van der Waals surface area contributed by atoms with E-state index in [9.17, 15) is 4.79 Å². The van der Waals surface area contributed by atoms with Gasteiger partial charge >= 0.3 is 0 Å². The quantitative estimate of drug-likeness (QED) is 0.870. The molecule has 0 aromatic heterocycles. The normalized spacial score (nSPS) is 14.0. The third-order valence-electron chi connectivity index (χ3n) is 4.14. The monoisotopic (exact) mass is 311 g/mol. The van der Waals surface area contributed by atoms with Gasteiger partial charge < -0.3 is 14.4 Å². The van der Waals surface area contributed by atoms with Gasteiger partial charge in [-0.15, -0.1) is 0 Å². The second kappa shape index (κ2) is 6.73. The van der Waals surface area contributed by atoms with Crippen molar-refractivity contribution in [2.45, 2.75) is 26.4 Å². The van der Waals surface area contributed by atoms with Crippen molar-refractivity contribution >= 4 is 5.91 Å². The maximum absolute atomic E-state index is 12.4. The molecule has 0 saturated heterocycles. The van der Waals surface area contributed by atoms with Gasteiger partial charge in [-0.2, -0.15) is 0 Å². The maximum Gasteiger partial charge on any atom is 0.261 e. The van der Waals surface area contributed by atoms with Gasteiger partial charge in [-0.1, -0.05) is 43.3 Å². The van der Waals surface area contributed by atoms with Crippen LogP contribution in [0.3, 0.4) is 0 Å². The van der Waals surface area contributed by atoms with Gasteiger partial charge in [-0.3, -0.25) is 4.79 Å². The summed E-state index contributed by atoms with van der Waals surface area (Å²) < 4.78 is 11.0. The van der Waals surface area contributed by atoms with Crippen LogP contribution in [0.15, 0.2) is 42.5 Å². The Labute approximate surface area is 136 Å². The van der Waals surface area contributed by atoms with Crippen LogP contribution in [0.2, 0.25) is 0 Å². The fourth-order valence-electron chi connectivity index (χ4n) is 2.77. The number of fused-ring (bicyclic) bond motifs is 1. The number of carbonyl (C=O) groups excluding carboxylic acids is 1. The van der Waals surface area contributed by atoms with Crippen LogP contribution in [0.25, 0.3) is 0 Å². The first-order chi connectivity index (χ1) is 11.2. The lowest BCUT2D eigenvalue weighted by molar-refractivity contribution is -0.133. The molecule has 0 aliphatic carbocycles. The number of rotatable bonds is 4. The Balaban J connectivity index is 1.82. The van der Waals surface area contributed by atoms with E-state index in [-0.39, 0.29) is 12.5 Å². The van der Waals surface area contributed by atoms with Crippen LogP contribution in [0.1, 0.15) is 23.6 Å². The third kappa shape index (κ3) is 3.31. The highest BCUT2D eigenvalue weighted by Gasteiger charge is 2.23.